The second-order valence-electron chi connectivity index (χ2n) is 7.31. The summed E-state index contributed by atoms with van der Waals surface area (Å²) in [6.45, 7) is 8.26. The van der Waals surface area contributed by atoms with Crippen LogP contribution in [0.2, 0.25) is 5.02 Å². The van der Waals surface area contributed by atoms with Crippen LogP contribution in [0.25, 0.3) is 0 Å². The molecule has 1 aromatic carbocycles. The van der Waals surface area contributed by atoms with E-state index >= 15 is 0 Å². The fourth-order valence-electron chi connectivity index (χ4n) is 3.38. The molecule has 138 valence electrons. The second-order valence-corrected chi connectivity index (χ2v) is 7.75. The molecule has 0 spiro atoms. The van der Waals surface area contributed by atoms with Gasteiger partial charge in [0.2, 0.25) is 5.91 Å². The monoisotopic (exact) mass is 366 g/mol. The van der Waals surface area contributed by atoms with Gasteiger partial charge in [-0.1, -0.05) is 23.7 Å². The predicted molar refractivity (Wildman–Crippen MR) is 98.4 cm³/mol. The first-order valence-corrected chi connectivity index (χ1v) is 9.20. The smallest absolute Gasteiger partial charge is 0.238 e. The van der Waals surface area contributed by atoms with Gasteiger partial charge in [0.05, 0.1) is 13.2 Å². The van der Waals surface area contributed by atoms with Crippen molar-refractivity contribution in [2.75, 3.05) is 32.8 Å². The van der Waals surface area contributed by atoms with E-state index in [1.165, 1.54) is 0 Å². The van der Waals surface area contributed by atoms with E-state index in [0.717, 1.165) is 31.9 Å². The van der Waals surface area contributed by atoms with E-state index in [-0.39, 0.29) is 23.5 Å². The Morgan fingerprint density at radius 3 is 2.84 bits per heavy atom. The molecule has 7 heteroatoms. The number of rotatable bonds is 5. The number of halogens is 1. The van der Waals surface area contributed by atoms with Crippen LogP contribution in [0.5, 0.6) is 0 Å². The fraction of sp³-hybridized carbons (Fsp3) is 0.611. The van der Waals surface area contributed by atoms with Crippen molar-refractivity contribution >= 4 is 17.5 Å². The van der Waals surface area contributed by atoms with Crippen LogP contribution in [0.15, 0.2) is 24.3 Å². The molecule has 1 amide bonds. The van der Waals surface area contributed by atoms with Crippen molar-refractivity contribution in [3.63, 3.8) is 0 Å². The summed E-state index contributed by atoms with van der Waals surface area (Å²) in [6, 6.07) is 7.57. The van der Waals surface area contributed by atoms with Gasteiger partial charge in [0.15, 0.2) is 0 Å². The van der Waals surface area contributed by atoms with Crippen LogP contribution in [0.3, 0.4) is 0 Å². The summed E-state index contributed by atoms with van der Waals surface area (Å²) in [5.41, 5.74) is 7.30. The van der Waals surface area contributed by atoms with Crippen molar-refractivity contribution in [1.29, 1.82) is 0 Å². The van der Waals surface area contributed by atoms with Crippen LogP contribution in [-0.2, 0) is 9.53 Å². The van der Waals surface area contributed by atoms with Crippen LogP contribution in [-0.4, -0.2) is 55.2 Å². The summed E-state index contributed by atoms with van der Waals surface area (Å²) in [7, 11) is 0. The number of carbonyl (C=O) groups is 1. The Balaban J connectivity index is 1.50. The molecule has 2 heterocycles. The minimum Gasteiger partial charge on any atom is -0.379 e. The van der Waals surface area contributed by atoms with Crippen LogP contribution >= 0.6 is 11.6 Å². The zero-order chi connectivity index (χ0) is 17.9. The van der Waals surface area contributed by atoms with Gasteiger partial charge in [-0.3, -0.25) is 9.69 Å². The molecule has 0 aromatic heterocycles. The number of morpholine rings is 1. The van der Waals surface area contributed by atoms with Gasteiger partial charge < -0.3 is 10.1 Å². The lowest BCUT2D eigenvalue weighted by Gasteiger charge is -2.41. The molecule has 0 aliphatic carbocycles. The largest absolute Gasteiger partial charge is 0.379 e. The Kier molecular flexibility index (Phi) is 5.96. The number of benzene rings is 1. The average molecular weight is 367 g/mol. The minimum absolute atomic E-state index is 0.0263. The van der Waals surface area contributed by atoms with E-state index in [1.54, 1.807) is 0 Å². The van der Waals surface area contributed by atoms with Crippen LogP contribution in [0.4, 0.5) is 0 Å². The summed E-state index contributed by atoms with van der Waals surface area (Å²) in [5.74, 6) is 0.0263. The van der Waals surface area contributed by atoms with Crippen LogP contribution < -0.4 is 16.2 Å². The molecule has 2 atom stereocenters. The Hall–Kier alpha value is -1.18. The van der Waals surface area contributed by atoms with E-state index in [1.807, 2.05) is 24.3 Å². The van der Waals surface area contributed by atoms with E-state index in [9.17, 15) is 4.79 Å². The highest BCUT2D eigenvalue weighted by Gasteiger charge is 2.33. The lowest BCUT2D eigenvalue weighted by Crippen LogP contribution is -2.56. The fourth-order valence-corrected chi connectivity index (χ4v) is 3.58. The van der Waals surface area contributed by atoms with Gasteiger partial charge in [0, 0.05) is 36.2 Å². The van der Waals surface area contributed by atoms with Gasteiger partial charge in [-0.05, 0) is 38.0 Å². The van der Waals surface area contributed by atoms with E-state index in [2.05, 4.69) is 34.9 Å². The normalized spacial score (nSPS) is 25.1. The molecule has 2 aliphatic rings. The number of nitrogens with one attached hydrogen (secondary N) is 3. The highest BCUT2D eigenvalue weighted by Crippen LogP contribution is 2.24. The van der Waals surface area contributed by atoms with Crippen molar-refractivity contribution < 1.29 is 9.53 Å². The number of carbonyl (C=O) groups excluding carboxylic acids is 1. The first-order chi connectivity index (χ1) is 12.0. The Labute approximate surface area is 154 Å². The molecular formula is C18H27ClN4O2. The lowest BCUT2D eigenvalue weighted by molar-refractivity contribution is -0.123. The van der Waals surface area contributed by atoms with Crippen LogP contribution in [0.1, 0.15) is 31.9 Å². The summed E-state index contributed by atoms with van der Waals surface area (Å²) in [6.07, 6.45) is 0.699. The third-order valence-electron chi connectivity index (χ3n) is 5.03. The van der Waals surface area contributed by atoms with Gasteiger partial charge in [-0.25, -0.2) is 10.9 Å². The zero-order valence-corrected chi connectivity index (χ0v) is 15.6. The lowest BCUT2D eigenvalue weighted by atomic mass is 10.00. The van der Waals surface area contributed by atoms with Crippen molar-refractivity contribution in [3.05, 3.63) is 34.9 Å². The second kappa shape index (κ2) is 8.01. The highest BCUT2D eigenvalue weighted by atomic mass is 35.5. The number of hydrogen-bond acceptors (Lipinski definition) is 5. The molecule has 2 fully saturated rings. The number of nitrogens with zero attached hydrogens (tertiary/aromatic N) is 1. The molecule has 0 saturated carbocycles. The predicted octanol–water partition coefficient (Wildman–Crippen LogP) is 1.47. The van der Waals surface area contributed by atoms with Gasteiger partial charge in [-0.15, -0.1) is 0 Å². The van der Waals surface area contributed by atoms with Gasteiger partial charge in [-0.2, -0.15) is 0 Å². The zero-order valence-electron chi connectivity index (χ0n) is 14.8. The molecule has 2 saturated heterocycles. The maximum Gasteiger partial charge on any atom is 0.238 e. The molecule has 0 bridgehead atoms. The van der Waals surface area contributed by atoms with E-state index in [0.29, 0.717) is 18.0 Å². The third-order valence-corrected chi connectivity index (χ3v) is 5.27. The summed E-state index contributed by atoms with van der Waals surface area (Å²) in [5, 5.41) is 3.80. The maximum absolute atomic E-state index is 12.5. The minimum atomic E-state index is -0.246. The molecule has 25 heavy (non-hydrogen) atoms. The Bertz CT molecular complexity index is 604. The number of amides is 1. The highest BCUT2D eigenvalue weighted by molar-refractivity contribution is 6.30. The standard InChI is InChI=1S/C18H27ClN4O2/c1-18(2,23-6-8-25-9-7-23)12-20-17(24)16-11-15(21-22-16)13-4-3-5-14(19)10-13/h3-5,10,15-16,21-22H,6-9,11-12H2,1-2H3,(H,20,24). The molecule has 2 unspecified atom stereocenters. The molecule has 1 aromatic rings. The molecule has 3 N–H and O–H groups in total. The maximum atomic E-state index is 12.5. The van der Waals surface area contributed by atoms with Gasteiger partial charge in [0.1, 0.15) is 6.04 Å². The molecule has 2 aliphatic heterocycles. The van der Waals surface area contributed by atoms with Gasteiger partial charge in [0.25, 0.3) is 0 Å². The summed E-state index contributed by atoms with van der Waals surface area (Å²) >= 11 is 6.05. The molecule has 3 rings (SSSR count). The quantitative estimate of drug-likeness (QED) is 0.736. The number of hydrogen-bond donors (Lipinski definition) is 3. The van der Waals surface area contributed by atoms with Crippen LogP contribution in [0, 0.1) is 0 Å². The Morgan fingerprint density at radius 1 is 1.36 bits per heavy atom. The van der Waals surface area contributed by atoms with Crippen molar-refractivity contribution in [2.45, 2.75) is 37.9 Å². The van der Waals surface area contributed by atoms with Crippen molar-refractivity contribution in [1.82, 2.24) is 21.1 Å². The molecule has 6 nitrogen and oxygen atoms in total. The summed E-state index contributed by atoms with van der Waals surface area (Å²) in [4.78, 5) is 14.9. The Morgan fingerprint density at radius 2 is 2.12 bits per heavy atom. The van der Waals surface area contributed by atoms with Crippen molar-refractivity contribution in [2.24, 2.45) is 0 Å². The molecular weight excluding hydrogens is 340 g/mol. The van der Waals surface area contributed by atoms with E-state index in [4.69, 9.17) is 16.3 Å². The van der Waals surface area contributed by atoms with Gasteiger partial charge >= 0.3 is 0 Å². The first-order valence-electron chi connectivity index (χ1n) is 8.83. The third kappa shape index (κ3) is 4.71. The SMILES string of the molecule is CC(C)(CNC(=O)C1CC(c2cccc(Cl)c2)NN1)N1CCOCC1. The topological polar surface area (TPSA) is 65.6 Å². The van der Waals surface area contributed by atoms with E-state index < -0.39 is 0 Å². The average Bonchev–Trinajstić information content (AvgIpc) is 3.11. The van der Waals surface area contributed by atoms with Crippen molar-refractivity contribution in [3.8, 4) is 0 Å². The molecule has 0 radical (unpaired) electrons. The number of hydrazine groups is 1. The summed E-state index contributed by atoms with van der Waals surface area (Å²) < 4.78 is 5.41. The number of ether oxygens (including phenoxy) is 1. The first kappa shape index (κ1) is 18.6.